The van der Waals surface area contributed by atoms with Crippen LogP contribution in [0.15, 0.2) is 12.1 Å². The third-order valence-electron chi connectivity index (χ3n) is 1.42. The second-order valence-electron chi connectivity index (χ2n) is 2.53. The van der Waals surface area contributed by atoms with Crippen LogP contribution in [0.25, 0.3) is 0 Å². The van der Waals surface area contributed by atoms with Gasteiger partial charge in [0.2, 0.25) is 0 Å². The summed E-state index contributed by atoms with van der Waals surface area (Å²) < 4.78 is 33.1. The van der Waals surface area contributed by atoms with E-state index in [0.717, 1.165) is 0 Å². The highest BCUT2D eigenvalue weighted by molar-refractivity contribution is 7.85. The molecular formula is C7H4Cl3FO2S. The van der Waals surface area contributed by atoms with Crippen LogP contribution in [0.1, 0.15) is 5.56 Å². The van der Waals surface area contributed by atoms with Crippen LogP contribution < -0.4 is 0 Å². The maximum absolute atomic E-state index is 12.4. The highest BCUT2D eigenvalue weighted by atomic mass is 35.5. The Morgan fingerprint density at radius 2 is 1.57 bits per heavy atom. The topological polar surface area (TPSA) is 34.1 Å². The molecule has 0 aromatic heterocycles. The lowest BCUT2D eigenvalue weighted by molar-refractivity contribution is 0.551. The molecule has 0 saturated heterocycles. The van der Waals surface area contributed by atoms with Gasteiger partial charge < -0.3 is 0 Å². The molecule has 78 valence electrons. The van der Waals surface area contributed by atoms with Crippen LogP contribution in [0.4, 0.5) is 3.89 Å². The second-order valence-corrected chi connectivity index (χ2v) is 5.15. The molecule has 0 aliphatic heterocycles. The first-order valence-electron chi connectivity index (χ1n) is 3.35. The van der Waals surface area contributed by atoms with Gasteiger partial charge in [0.05, 0.1) is 0 Å². The number of hydrogen-bond donors (Lipinski definition) is 0. The Morgan fingerprint density at radius 1 is 1.14 bits per heavy atom. The van der Waals surface area contributed by atoms with E-state index in [1.807, 2.05) is 0 Å². The van der Waals surface area contributed by atoms with E-state index in [2.05, 4.69) is 0 Å². The van der Waals surface area contributed by atoms with E-state index in [-0.39, 0.29) is 20.6 Å². The number of halogens is 4. The molecule has 7 heteroatoms. The van der Waals surface area contributed by atoms with E-state index < -0.39 is 16.0 Å². The SMILES string of the molecule is O=S(=O)(F)Cc1c(Cl)cc(Cl)cc1Cl. The van der Waals surface area contributed by atoms with Crippen LogP contribution in [0.3, 0.4) is 0 Å². The first-order chi connectivity index (χ1) is 6.29. The molecule has 0 aliphatic carbocycles. The van der Waals surface area contributed by atoms with E-state index >= 15 is 0 Å². The summed E-state index contributed by atoms with van der Waals surface area (Å²) in [5.41, 5.74) is 0.0141. The van der Waals surface area contributed by atoms with Gasteiger partial charge in [-0.1, -0.05) is 34.8 Å². The lowest BCUT2D eigenvalue weighted by Crippen LogP contribution is -1.98. The summed E-state index contributed by atoms with van der Waals surface area (Å²) in [7, 11) is -4.65. The largest absolute Gasteiger partial charge is 0.306 e. The van der Waals surface area contributed by atoms with E-state index in [1.165, 1.54) is 12.1 Å². The molecule has 0 heterocycles. The van der Waals surface area contributed by atoms with Gasteiger partial charge in [0.1, 0.15) is 5.75 Å². The molecule has 0 bridgehead atoms. The normalized spacial score (nSPS) is 11.7. The van der Waals surface area contributed by atoms with Crippen molar-refractivity contribution in [1.29, 1.82) is 0 Å². The zero-order valence-corrected chi connectivity index (χ0v) is 9.68. The second kappa shape index (κ2) is 4.23. The molecule has 1 aromatic carbocycles. The van der Waals surface area contributed by atoms with Crippen molar-refractivity contribution in [3.63, 3.8) is 0 Å². The van der Waals surface area contributed by atoms with Gasteiger partial charge in [0.15, 0.2) is 0 Å². The summed E-state index contributed by atoms with van der Waals surface area (Å²) in [4.78, 5) is 0. The summed E-state index contributed by atoms with van der Waals surface area (Å²) >= 11 is 16.9. The minimum atomic E-state index is -4.65. The molecule has 0 amide bonds. The van der Waals surface area contributed by atoms with Crippen molar-refractivity contribution in [3.8, 4) is 0 Å². The van der Waals surface area contributed by atoms with E-state index in [4.69, 9.17) is 34.8 Å². The minimum absolute atomic E-state index is 0.0141. The van der Waals surface area contributed by atoms with Crippen LogP contribution >= 0.6 is 34.8 Å². The maximum Gasteiger partial charge on any atom is 0.306 e. The average Bonchev–Trinajstić information content (AvgIpc) is 1.95. The van der Waals surface area contributed by atoms with Gasteiger partial charge in [-0.15, -0.1) is 3.89 Å². The Hall–Kier alpha value is -0.0300. The number of rotatable bonds is 2. The van der Waals surface area contributed by atoms with Crippen molar-refractivity contribution in [2.75, 3.05) is 0 Å². The van der Waals surface area contributed by atoms with Gasteiger partial charge >= 0.3 is 10.2 Å². The van der Waals surface area contributed by atoms with Crippen molar-refractivity contribution < 1.29 is 12.3 Å². The zero-order chi connectivity index (χ0) is 10.9. The summed E-state index contributed by atoms with van der Waals surface area (Å²) in [6.07, 6.45) is 0. The Bertz CT molecular complexity index is 435. The van der Waals surface area contributed by atoms with E-state index in [9.17, 15) is 12.3 Å². The Balaban J connectivity index is 3.22. The number of benzene rings is 1. The summed E-state index contributed by atoms with van der Waals surface area (Å²) in [6.45, 7) is 0. The standard InChI is InChI=1S/C7H4Cl3FO2S/c8-4-1-6(9)5(7(10)2-4)3-14(11,12)13/h1-2H,3H2. The smallest absolute Gasteiger partial charge is 0.194 e. The minimum Gasteiger partial charge on any atom is -0.194 e. The average molecular weight is 278 g/mol. The first kappa shape index (κ1) is 12.0. The molecule has 0 spiro atoms. The quantitative estimate of drug-likeness (QED) is 0.776. The molecule has 14 heavy (non-hydrogen) atoms. The van der Waals surface area contributed by atoms with E-state index in [0.29, 0.717) is 0 Å². The fraction of sp³-hybridized carbons (Fsp3) is 0.143. The van der Waals surface area contributed by atoms with Crippen molar-refractivity contribution in [1.82, 2.24) is 0 Å². The van der Waals surface area contributed by atoms with Crippen LogP contribution in [0.5, 0.6) is 0 Å². The molecule has 1 aromatic rings. The third kappa shape index (κ3) is 3.28. The van der Waals surface area contributed by atoms with Gasteiger partial charge in [-0.2, -0.15) is 8.42 Å². The van der Waals surface area contributed by atoms with Gasteiger partial charge in [-0.25, -0.2) is 0 Å². The Kier molecular flexibility index (Phi) is 3.63. The predicted molar refractivity (Wildman–Crippen MR) is 55.2 cm³/mol. The van der Waals surface area contributed by atoms with Crippen molar-refractivity contribution in [2.45, 2.75) is 5.75 Å². The zero-order valence-electron chi connectivity index (χ0n) is 6.60. The molecular weight excluding hydrogens is 273 g/mol. The molecule has 0 aliphatic rings. The van der Waals surface area contributed by atoms with Crippen LogP contribution in [0, 0.1) is 0 Å². The number of hydrogen-bond acceptors (Lipinski definition) is 2. The van der Waals surface area contributed by atoms with Gasteiger partial charge in [0, 0.05) is 20.6 Å². The highest BCUT2D eigenvalue weighted by Gasteiger charge is 2.15. The lowest BCUT2D eigenvalue weighted by Gasteiger charge is -2.04. The predicted octanol–water partition coefficient (Wildman–Crippen LogP) is 3.45. The molecule has 0 N–H and O–H groups in total. The molecule has 1 rings (SSSR count). The van der Waals surface area contributed by atoms with Crippen LogP contribution in [0.2, 0.25) is 15.1 Å². The van der Waals surface area contributed by atoms with Crippen LogP contribution in [-0.4, -0.2) is 8.42 Å². The first-order valence-corrected chi connectivity index (χ1v) is 6.04. The van der Waals surface area contributed by atoms with Crippen molar-refractivity contribution >= 4 is 45.0 Å². The molecule has 0 fully saturated rings. The monoisotopic (exact) mass is 276 g/mol. The van der Waals surface area contributed by atoms with Gasteiger partial charge in [-0.3, -0.25) is 0 Å². The Labute approximate surface area is 95.8 Å². The maximum atomic E-state index is 12.4. The molecule has 0 unspecified atom stereocenters. The third-order valence-corrected chi connectivity index (χ3v) is 2.95. The van der Waals surface area contributed by atoms with Gasteiger partial charge in [-0.05, 0) is 12.1 Å². The summed E-state index contributed by atoms with van der Waals surface area (Å²) in [5, 5.41) is 0.326. The Morgan fingerprint density at radius 3 is 1.93 bits per heavy atom. The fourth-order valence-corrected chi connectivity index (χ4v) is 2.65. The van der Waals surface area contributed by atoms with Gasteiger partial charge in [0.25, 0.3) is 0 Å². The summed E-state index contributed by atoms with van der Waals surface area (Å²) in [6, 6.07) is 2.60. The lowest BCUT2D eigenvalue weighted by atomic mass is 10.2. The van der Waals surface area contributed by atoms with E-state index in [1.54, 1.807) is 0 Å². The molecule has 0 radical (unpaired) electrons. The van der Waals surface area contributed by atoms with Crippen LogP contribution in [-0.2, 0) is 16.0 Å². The molecule has 0 saturated carbocycles. The van der Waals surface area contributed by atoms with Crippen molar-refractivity contribution in [2.24, 2.45) is 0 Å². The molecule has 0 atom stereocenters. The summed E-state index contributed by atoms with van der Waals surface area (Å²) in [5.74, 6) is -0.845. The van der Waals surface area contributed by atoms with Crippen molar-refractivity contribution in [3.05, 3.63) is 32.8 Å². The fourth-order valence-electron chi connectivity index (χ4n) is 0.882. The highest BCUT2D eigenvalue weighted by Crippen LogP contribution is 2.30. The molecule has 2 nitrogen and oxygen atoms in total.